The standard InChI is InChI=1S/C50H32N2O/c1-3-11-33(12-4-1)34-21-23-35(24-22-34)40-16-9-18-42-43-19-10-17-41(50(43)53-49(40)42)36-25-28-39(29-26-36)52-45-20-8-7-15-44(45)47-46(52)30-27-37-31-32-51(48(37)47)38-13-5-2-6-14-38/h1-32H. The van der Waals surface area contributed by atoms with Crippen molar-refractivity contribution in [2.45, 2.75) is 0 Å². The molecule has 11 aromatic rings. The molecule has 0 saturated heterocycles. The van der Waals surface area contributed by atoms with Gasteiger partial charge in [-0.15, -0.1) is 0 Å². The van der Waals surface area contributed by atoms with Gasteiger partial charge in [0.05, 0.1) is 16.6 Å². The number of furan rings is 1. The third kappa shape index (κ3) is 4.61. The second-order valence-corrected chi connectivity index (χ2v) is 13.7. The lowest BCUT2D eigenvalue weighted by atomic mass is 9.98. The topological polar surface area (TPSA) is 23.0 Å². The number of nitrogens with zero attached hydrogens (tertiary/aromatic N) is 2. The van der Waals surface area contributed by atoms with Crippen molar-refractivity contribution in [1.29, 1.82) is 0 Å². The highest BCUT2D eigenvalue weighted by Gasteiger charge is 2.19. The molecule has 0 saturated carbocycles. The van der Waals surface area contributed by atoms with E-state index in [0.717, 1.165) is 55.6 Å². The van der Waals surface area contributed by atoms with Gasteiger partial charge in [0, 0.05) is 55.6 Å². The fourth-order valence-corrected chi connectivity index (χ4v) is 8.30. The Hall–Kier alpha value is -7.10. The van der Waals surface area contributed by atoms with Gasteiger partial charge in [0.1, 0.15) is 11.2 Å². The SMILES string of the molecule is c1ccc(-c2ccc(-c3cccc4c3oc3c(-c5ccc(-n6c7ccccc7c7c8c(ccc76)ccn8-c6ccccc6)cc5)cccc34)cc2)cc1. The zero-order valence-electron chi connectivity index (χ0n) is 28.8. The van der Waals surface area contributed by atoms with Crippen LogP contribution in [0.4, 0.5) is 0 Å². The van der Waals surface area contributed by atoms with Crippen LogP contribution in [0.2, 0.25) is 0 Å². The summed E-state index contributed by atoms with van der Waals surface area (Å²) in [6, 6.07) is 67.3. The Morgan fingerprint density at radius 2 is 0.925 bits per heavy atom. The summed E-state index contributed by atoms with van der Waals surface area (Å²) >= 11 is 0. The summed E-state index contributed by atoms with van der Waals surface area (Å²) in [6.45, 7) is 0. The van der Waals surface area contributed by atoms with E-state index in [4.69, 9.17) is 4.42 Å². The van der Waals surface area contributed by atoms with Crippen molar-refractivity contribution >= 4 is 54.6 Å². The molecule has 0 bridgehead atoms. The van der Waals surface area contributed by atoms with Crippen molar-refractivity contribution in [3.8, 4) is 44.8 Å². The Labute approximate surface area is 306 Å². The molecular formula is C50H32N2O. The van der Waals surface area contributed by atoms with E-state index in [2.05, 4.69) is 203 Å². The summed E-state index contributed by atoms with van der Waals surface area (Å²) in [5, 5.41) is 5.97. The normalized spacial score (nSPS) is 11.8. The molecule has 248 valence electrons. The van der Waals surface area contributed by atoms with E-state index in [1.165, 1.54) is 43.8 Å². The number of benzene rings is 8. The number of fused-ring (bicyclic) bond motifs is 8. The van der Waals surface area contributed by atoms with Crippen LogP contribution in [0.1, 0.15) is 0 Å². The van der Waals surface area contributed by atoms with Crippen LogP contribution in [-0.2, 0) is 0 Å². The zero-order valence-corrected chi connectivity index (χ0v) is 28.8. The molecule has 0 atom stereocenters. The Morgan fingerprint density at radius 1 is 0.358 bits per heavy atom. The molecular weight excluding hydrogens is 645 g/mol. The third-order valence-corrected chi connectivity index (χ3v) is 10.8. The van der Waals surface area contributed by atoms with Crippen molar-refractivity contribution in [1.82, 2.24) is 9.13 Å². The molecule has 3 heterocycles. The van der Waals surface area contributed by atoms with Crippen molar-refractivity contribution < 1.29 is 4.42 Å². The summed E-state index contributed by atoms with van der Waals surface area (Å²) in [5.41, 5.74) is 14.5. The predicted molar refractivity (Wildman–Crippen MR) is 221 cm³/mol. The number of aromatic nitrogens is 2. The van der Waals surface area contributed by atoms with E-state index in [1.807, 2.05) is 0 Å². The van der Waals surface area contributed by atoms with E-state index < -0.39 is 0 Å². The largest absolute Gasteiger partial charge is 0.455 e. The van der Waals surface area contributed by atoms with Gasteiger partial charge in [-0.2, -0.15) is 0 Å². The number of hydrogen-bond acceptors (Lipinski definition) is 1. The lowest BCUT2D eigenvalue weighted by Gasteiger charge is -2.10. The predicted octanol–water partition coefficient (Wildman–Crippen LogP) is 13.6. The molecule has 0 radical (unpaired) electrons. The Kier molecular flexibility index (Phi) is 6.55. The van der Waals surface area contributed by atoms with Gasteiger partial charge in [-0.25, -0.2) is 0 Å². The number of para-hydroxylation sites is 4. The molecule has 0 N–H and O–H groups in total. The van der Waals surface area contributed by atoms with E-state index in [-0.39, 0.29) is 0 Å². The van der Waals surface area contributed by atoms with Gasteiger partial charge in [0.25, 0.3) is 0 Å². The first-order chi connectivity index (χ1) is 26.3. The van der Waals surface area contributed by atoms with Crippen LogP contribution in [0.3, 0.4) is 0 Å². The highest BCUT2D eigenvalue weighted by Crippen LogP contribution is 2.42. The van der Waals surface area contributed by atoms with Crippen molar-refractivity contribution in [2.75, 3.05) is 0 Å². The van der Waals surface area contributed by atoms with Gasteiger partial charge in [-0.05, 0) is 64.7 Å². The summed E-state index contributed by atoms with van der Waals surface area (Å²) < 4.78 is 11.5. The second-order valence-electron chi connectivity index (χ2n) is 13.7. The second kappa shape index (κ2) is 11.7. The van der Waals surface area contributed by atoms with Crippen LogP contribution in [-0.4, -0.2) is 9.13 Å². The van der Waals surface area contributed by atoms with Gasteiger partial charge < -0.3 is 13.6 Å². The molecule has 3 aromatic heterocycles. The highest BCUT2D eigenvalue weighted by molar-refractivity contribution is 6.21. The molecule has 3 heteroatoms. The molecule has 0 fully saturated rings. The van der Waals surface area contributed by atoms with E-state index >= 15 is 0 Å². The maximum absolute atomic E-state index is 6.83. The van der Waals surface area contributed by atoms with Gasteiger partial charge in [0.15, 0.2) is 0 Å². The molecule has 8 aromatic carbocycles. The van der Waals surface area contributed by atoms with Crippen LogP contribution in [0, 0.1) is 0 Å². The van der Waals surface area contributed by atoms with Crippen molar-refractivity contribution in [3.63, 3.8) is 0 Å². The van der Waals surface area contributed by atoms with Crippen molar-refractivity contribution in [3.05, 3.63) is 194 Å². The maximum atomic E-state index is 6.83. The quantitative estimate of drug-likeness (QED) is 0.178. The first-order valence-electron chi connectivity index (χ1n) is 18.1. The molecule has 0 aliphatic heterocycles. The summed E-state index contributed by atoms with van der Waals surface area (Å²) in [5.74, 6) is 0. The van der Waals surface area contributed by atoms with Gasteiger partial charge in [-0.3, -0.25) is 0 Å². The van der Waals surface area contributed by atoms with Gasteiger partial charge >= 0.3 is 0 Å². The third-order valence-electron chi connectivity index (χ3n) is 10.8. The van der Waals surface area contributed by atoms with Crippen LogP contribution < -0.4 is 0 Å². The fourth-order valence-electron chi connectivity index (χ4n) is 8.30. The first kappa shape index (κ1) is 29.6. The minimum atomic E-state index is 0.907. The summed E-state index contributed by atoms with van der Waals surface area (Å²) in [6.07, 6.45) is 2.18. The Morgan fingerprint density at radius 3 is 1.62 bits per heavy atom. The van der Waals surface area contributed by atoms with Crippen LogP contribution in [0.5, 0.6) is 0 Å². The zero-order chi connectivity index (χ0) is 34.9. The van der Waals surface area contributed by atoms with E-state index in [0.29, 0.717) is 0 Å². The molecule has 0 amide bonds. The van der Waals surface area contributed by atoms with Crippen LogP contribution in [0.15, 0.2) is 199 Å². The molecule has 0 aliphatic rings. The Balaban J connectivity index is 1.02. The fraction of sp³-hybridized carbons (Fsp3) is 0. The van der Waals surface area contributed by atoms with Crippen LogP contribution >= 0.6 is 0 Å². The molecule has 11 rings (SSSR count). The monoisotopic (exact) mass is 676 g/mol. The van der Waals surface area contributed by atoms with E-state index in [1.54, 1.807) is 0 Å². The Bertz CT molecular complexity index is 3130. The first-order valence-corrected chi connectivity index (χ1v) is 18.1. The minimum absolute atomic E-state index is 0.907. The smallest absolute Gasteiger partial charge is 0.143 e. The number of rotatable bonds is 5. The summed E-state index contributed by atoms with van der Waals surface area (Å²) in [4.78, 5) is 0. The van der Waals surface area contributed by atoms with Gasteiger partial charge in [0.2, 0.25) is 0 Å². The van der Waals surface area contributed by atoms with Crippen LogP contribution in [0.25, 0.3) is 99.4 Å². The number of hydrogen-bond donors (Lipinski definition) is 0. The molecule has 3 nitrogen and oxygen atoms in total. The molecule has 0 spiro atoms. The lowest BCUT2D eigenvalue weighted by Crippen LogP contribution is -1.94. The molecule has 0 aliphatic carbocycles. The lowest BCUT2D eigenvalue weighted by molar-refractivity contribution is 0.671. The highest BCUT2D eigenvalue weighted by atomic mass is 16.3. The average Bonchev–Trinajstić information content (AvgIpc) is 3.94. The molecule has 53 heavy (non-hydrogen) atoms. The summed E-state index contributed by atoms with van der Waals surface area (Å²) in [7, 11) is 0. The van der Waals surface area contributed by atoms with Gasteiger partial charge in [-0.1, -0.05) is 146 Å². The molecule has 0 unspecified atom stereocenters. The van der Waals surface area contributed by atoms with E-state index in [9.17, 15) is 0 Å². The maximum Gasteiger partial charge on any atom is 0.143 e. The minimum Gasteiger partial charge on any atom is -0.455 e. The average molecular weight is 677 g/mol. The van der Waals surface area contributed by atoms with Crippen molar-refractivity contribution in [2.24, 2.45) is 0 Å².